The molecular formula is C17H26ClFN4O. The highest BCUT2D eigenvalue weighted by Gasteiger charge is 2.16. The van der Waals surface area contributed by atoms with Gasteiger partial charge in [-0.25, -0.2) is 4.39 Å². The quantitative estimate of drug-likeness (QED) is 0.629. The van der Waals surface area contributed by atoms with Crippen molar-refractivity contribution in [2.45, 2.75) is 32.7 Å². The third-order valence-corrected chi connectivity index (χ3v) is 3.54. The summed E-state index contributed by atoms with van der Waals surface area (Å²) in [6.45, 7) is 6.41. The number of nitrogens with zero attached hydrogens (tertiary/aromatic N) is 2. The first-order valence-corrected chi connectivity index (χ1v) is 8.17. The molecule has 0 aliphatic heterocycles. The minimum Gasteiger partial charge on any atom is -0.356 e. The van der Waals surface area contributed by atoms with Crippen LogP contribution in [0.1, 0.15) is 26.3 Å². The lowest BCUT2D eigenvalue weighted by atomic mass is 10.1. The van der Waals surface area contributed by atoms with Gasteiger partial charge in [-0.3, -0.25) is 9.79 Å². The van der Waals surface area contributed by atoms with Gasteiger partial charge in [0.2, 0.25) is 5.91 Å². The molecule has 24 heavy (non-hydrogen) atoms. The average Bonchev–Trinajstić information content (AvgIpc) is 2.43. The summed E-state index contributed by atoms with van der Waals surface area (Å²) in [4.78, 5) is 17.8. The van der Waals surface area contributed by atoms with Gasteiger partial charge in [-0.1, -0.05) is 17.7 Å². The molecule has 1 amide bonds. The lowest BCUT2D eigenvalue weighted by Crippen LogP contribution is -2.49. The van der Waals surface area contributed by atoms with Crippen LogP contribution in [0.25, 0.3) is 0 Å². The summed E-state index contributed by atoms with van der Waals surface area (Å²) in [6, 6.07) is 4.63. The maximum absolute atomic E-state index is 13.7. The van der Waals surface area contributed by atoms with Crippen LogP contribution in [0.2, 0.25) is 5.02 Å². The predicted molar refractivity (Wildman–Crippen MR) is 97.0 cm³/mol. The van der Waals surface area contributed by atoms with Crippen molar-refractivity contribution in [1.29, 1.82) is 0 Å². The molecule has 1 rings (SSSR count). The van der Waals surface area contributed by atoms with E-state index >= 15 is 0 Å². The fraction of sp³-hybridized carbons (Fsp3) is 0.529. The molecule has 0 aliphatic carbocycles. The monoisotopic (exact) mass is 356 g/mol. The number of likely N-dealkylation sites (N-methyl/N-ethyl adjacent to an activating group) is 1. The van der Waals surface area contributed by atoms with Crippen molar-refractivity contribution in [3.63, 3.8) is 0 Å². The largest absolute Gasteiger partial charge is 0.356 e. The van der Waals surface area contributed by atoms with Gasteiger partial charge in [0.15, 0.2) is 5.96 Å². The van der Waals surface area contributed by atoms with Crippen molar-refractivity contribution < 1.29 is 9.18 Å². The summed E-state index contributed by atoms with van der Waals surface area (Å²) in [5.41, 5.74) is 0.187. The van der Waals surface area contributed by atoms with Crippen molar-refractivity contribution in [2.24, 2.45) is 4.99 Å². The number of carbonyl (C=O) groups is 1. The Morgan fingerprint density at radius 1 is 1.38 bits per heavy atom. The number of benzene rings is 1. The van der Waals surface area contributed by atoms with Crippen LogP contribution in [0.4, 0.5) is 4.39 Å². The lowest BCUT2D eigenvalue weighted by molar-refractivity contribution is -0.122. The first-order valence-electron chi connectivity index (χ1n) is 7.79. The minimum absolute atomic E-state index is 0.0925. The Hall–Kier alpha value is -1.82. The summed E-state index contributed by atoms with van der Waals surface area (Å²) in [7, 11) is 3.41. The maximum Gasteiger partial charge on any atom is 0.240 e. The van der Waals surface area contributed by atoms with Gasteiger partial charge >= 0.3 is 0 Å². The third kappa shape index (κ3) is 6.74. The number of amides is 1. The zero-order chi connectivity index (χ0) is 18.3. The molecule has 1 aromatic rings. The fourth-order valence-electron chi connectivity index (χ4n) is 2.20. The van der Waals surface area contributed by atoms with E-state index in [2.05, 4.69) is 15.6 Å². The van der Waals surface area contributed by atoms with Crippen molar-refractivity contribution in [2.75, 3.05) is 27.2 Å². The van der Waals surface area contributed by atoms with E-state index in [0.717, 1.165) is 0 Å². The van der Waals surface area contributed by atoms with Crippen molar-refractivity contribution in [3.05, 3.63) is 34.6 Å². The second kappa shape index (κ2) is 8.87. The number of hydrogen-bond donors (Lipinski definition) is 2. The maximum atomic E-state index is 13.7. The summed E-state index contributed by atoms with van der Waals surface area (Å²) < 4.78 is 13.7. The molecule has 0 bridgehead atoms. The third-order valence-electron chi connectivity index (χ3n) is 3.19. The normalized spacial score (nSPS) is 12.0. The lowest BCUT2D eigenvalue weighted by Gasteiger charge is -2.25. The standard InChI is InChI=1S/C17H26ClFN4O/c1-17(2,3)22-15(24)11-23(5)16(20-4)21-10-9-12-13(18)7-6-8-14(12)19/h6-8H,9-11H2,1-5H3,(H,20,21)(H,22,24). The van der Waals surface area contributed by atoms with E-state index in [0.29, 0.717) is 29.5 Å². The molecule has 134 valence electrons. The molecule has 0 saturated carbocycles. The second-order valence-corrected chi connectivity index (χ2v) is 6.99. The zero-order valence-corrected chi connectivity index (χ0v) is 15.7. The molecular weight excluding hydrogens is 331 g/mol. The second-order valence-electron chi connectivity index (χ2n) is 6.58. The Morgan fingerprint density at radius 3 is 2.58 bits per heavy atom. The first-order chi connectivity index (χ1) is 11.1. The SMILES string of the molecule is CN=C(NCCc1c(F)cccc1Cl)N(C)CC(=O)NC(C)(C)C. The van der Waals surface area contributed by atoms with Gasteiger partial charge in [-0.2, -0.15) is 0 Å². The van der Waals surface area contributed by atoms with E-state index in [4.69, 9.17) is 11.6 Å². The van der Waals surface area contributed by atoms with E-state index in [1.165, 1.54) is 6.07 Å². The molecule has 0 unspecified atom stereocenters. The van der Waals surface area contributed by atoms with Gasteiger partial charge in [-0.05, 0) is 39.3 Å². The zero-order valence-electron chi connectivity index (χ0n) is 14.9. The molecule has 0 spiro atoms. The van der Waals surface area contributed by atoms with Crippen LogP contribution in [0.3, 0.4) is 0 Å². The molecule has 5 nitrogen and oxygen atoms in total. The molecule has 0 aromatic heterocycles. The van der Waals surface area contributed by atoms with Crippen LogP contribution in [-0.4, -0.2) is 49.5 Å². The van der Waals surface area contributed by atoms with Gasteiger partial charge in [0.25, 0.3) is 0 Å². The van der Waals surface area contributed by atoms with E-state index < -0.39 is 0 Å². The molecule has 0 heterocycles. The summed E-state index contributed by atoms with van der Waals surface area (Å²) in [5.74, 6) is 0.147. The first kappa shape index (κ1) is 20.2. The van der Waals surface area contributed by atoms with Crippen LogP contribution in [0.15, 0.2) is 23.2 Å². The van der Waals surface area contributed by atoms with Gasteiger partial charge in [0.05, 0.1) is 6.54 Å². The molecule has 0 atom stereocenters. The van der Waals surface area contributed by atoms with Crippen LogP contribution in [0, 0.1) is 5.82 Å². The number of halogens is 2. The smallest absolute Gasteiger partial charge is 0.240 e. The Morgan fingerprint density at radius 2 is 2.04 bits per heavy atom. The molecule has 7 heteroatoms. The Labute approximate surface area is 148 Å². The topological polar surface area (TPSA) is 56.7 Å². The molecule has 0 radical (unpaired) electrons. The van der Waals surface area contributed by atoms with Crippen molar-refractivity contribution in [1.82, 2.24) is 15.5 Å². The number of hydrogen-bond acceptors (Lipinski definition) is 2. The highest BCUT2D eigenvalue weighted by atomic mass is 35.5. The van der Waals surface area contributed by atoms with Gasteiger partial charge in [-0.15, -0.1) is 0 Å². The highest BCUT2D eigenvalue weighted by molar-refractivity contribution is 6.31. The predicted octanol–water partition coefficient (Wildman–Crippen LogP) is 2.44. The molecule has 0 aliphatic rings. The molecule has 1 aromatic carbocycles. The Kier molecular flexibility index (Phi) is 7.48. The molecule has 2 N–H and O–H groups in total. The summed E-state index contributed by atoms with van der Waals surface area (Å²) >= 11 is 6.01. The Balaban J connectivity index is 2.54. The fourth-order valence-corrected chi connectivity index (χ4v) is 2.46. The van der Waals surface area contributed by atoms with Crippen molar-refractivity contribution >= 4 is 23.5 Å². The average molecular weight is 357 g/mol. The number of carbonyl (C=O) groups excluding carboxylic acids is 1. The highest BCUT2D eigenvalue weighted by Crippen LogP contribution is 2.18. The van der Waals surface area contributed by atoms with E-state index in [1.807, 2.05) is 20.8 Å². The summed E-state index contributed by atoms with van der Waals surface area (Å²) in [6.07, 6.45) is 0.423. The van der Waals surface area contributed by atoms with Crippen LogP contribution in [0.5, 0.6) is 0 Å². The van der Waals surface area contributed by atoms with Gasteiger partial charge in [0, 0.05) is 36.8 Å². The number of nitrogens with one attached hydrogen (secondary N) is 2. The van der Waals surface area contributed by atoms with Crippen LogP contribution in [-0.2, 0) is 11.2 Å². The van der Waals surface area contributed by atoms with Crippen LogP contribution >= 0.6 is 11.6 Å². The van der Waals surface area contributed by atoms with Gasteiger partial charge < -0.3 is 15.5 Å². The van der Waals surface area contributed by atoms with Gasteiger partial charge in [0.1, 0.15) is 5.82 Å². The van der Waals surface area contributed by atoms with Crippen molar-refractivity contribution in [3.8, 4) is 0 Å². The van der Waals surface area contributed by atoms with E-state index in [9.17, 15) is 9.18 Å². The molecule has 0 saturated heterocycles. The van der Waals surface area contributed by atoms with Crippen LogP contribution < -0.4 is 10.6 Å². The van der Waals surface area contributed by atoms with E-state index in [1.54, 1.807) is 31.1 Å². The minimum atomic E-state index is -0.322. The Bertz CT molecular complexity index is 578. The summed E-state index contributed by atoms with van der Waals surface area (Å²) in [5, 5.41) is 6.41. The number of guanidine groups is 1. The number of rotatable bonds is 5. The number of aliphatic imine (C=N–C) groups is 1. The van der Waals surface area contributed by atoms with E-state index in [-0.39, 0.29) is 23.8 Å². The molecule has 0 fully saturated rings.